The second-order valence-electron chi connectivity index (χ2n) is 6.60. The van der Waals surface area contributed by atoms with Crippen molar-refractivity contribution >= 4 is 21.6 Å². The summed E-state index contributed by atoms with van der Waals surface area (Å²) >= 11 is 0. The van der Waals surface area contributed by atoms with Gasteiger partial charge in [-0.3, -0.25) is 4.79 Å². The lowest BCUT2D eigenvalue weighted by Crippen LogP contribution is -2.25. The number of amides is 1. The predicted molar refractivity (Wildman–Crippen MR) is 106 cm³/mol. The molecule has 1 aromatic heterocycles. The standard InChI is InChI=1S/C20H20N4O3S/c25-20-2-1-12-24(20)18-7-9-19(10-8-18)28(26,27)22-14-16-3-5-17(6-4-16)23-13-11-21-15-23/h3-11,13,15,22H,1-2,12,14H2. The Morgan fingerprint density at radius 2 is 1.71 bits per heavy atom. The highest BCUT2D eigenvalue weighted by atomic mass is 32.2. The van der Waals surface area contributed by atoms with Gasteiger partial charge in [-0.2, -0.15) is 0 Å². The van der Waals surface area contributed by atoms with Gasteiger partial charge in [0.2, 0.25) is 15.9 Å². The van der Waals surface area contributed by atoms with Gasteiger partial charge in [-0.15, -0.1) is 0 Å². The van der Waals surface area contributed by atoms with Gasteiger partial charge in [0, 0.05) is 43.3 Å². The smallest absolute Gasteiger partial charge is 0.240 e. The van der Waals surface area contributed by atoms with E-state index in [2.05, 4.69) is 9.71 Å². The second kappa shape index (κ2) is 7.57. The van der Waals surface area contributed by atoms with Crippen molar-refractivity contribution in [3.8, 4) is 5.69 Å². The molecule has 0 spiro atoms. The summed E-state index contributed by atoms with van der Waals surface area (Å²) in [5.74, 6) is 0.0767. The largest absolute Gasteiger partial charge is 0.312 e. The monoisotopic (exact) mass is 396 g/mol. The van der Waals surface area contributed by atoms with Crippen molar-refractivity contribution in [2.45, 2.75) is 24.3 Å². The predicted octanol–water partition coefficient (Wildman–Crippen LogP) is 2.48. The second-order valence-corrected chi connectivity index (χ2v) is 8.37. The quantitative estimate of drug-likeness (QED) is 0.694. The number of sulfonamides is 1. The summed E-state index contributed by atoms with van der Waals surface area (Å²) in [4.78, 5) is 17.7. The van der Waals surface area contributed by atoms with Gasteiger partial charge in [-0.25, -0.2) is 18.1 Å². The summed E-state index contributed by atoms with van der Waals surface area (Å²) in [6, 6.07) is 14.0. The van der Waals surface area contributed by atoms with Gasteiger partial charge in [0.1, 0.15) is 0 Å². The Kier molecular flexibility index (Phi) is 4.97. The molecule has 0 radical (unpaired) electrons. The number of imidazole rings is 1. The van der Waals surface area contributed by atoms with Crippen molar-refractivity contribution in [2.24, 2.45) is 0 Å². The summed E-state index contributed by atoms with van der Waals surface area (Å²) in [5.41, 5.74) is 2.54. The van der Waals surface area contributed by atoms with E-state index < -0.39 is 10.0 Å². The zero-order valence-corrected chi connectivity index (χ0v) is 16.0. The number of hydrogen-bond acceptors (Lipinski definition) is 4. The molecule has 7 nitrogen and oxygen atoms in total. The van der Waals surface area contributed by atoms with Crippen LogP contribution in [0.25, 0.3) is 5.69 Å². The molecule has 0 aliphatic carbocycles. The molecule has 1 aliphatic rings. The van der Waals surface area contributed by atoms with Crippen molar-refractivity contribution in [3.05, 3.63) is 72.8 Å². The highest BCUT2D eigenvalue weighted by Gasteiger charge is 2.22. The lowest BCUT2D eigenvalue weighted by molar-refractivity contribution is -0.117. The van der Waals surface area contributed by atoms with E-state index in [9.17, 15) is 13.2 Å². The van der Waals surface area contributed by atoms with E-state index in [0.29, 0.717) is 13.0 Å². The van der Waals surface area contributed by atoms with Crippen LogP contribution >= 0.6 is 0 Å². The third-order valence-corrected chi connectivity index (χ3v) is 6.15. The molecule has 1 N–H and O–H groups in total. The molecule has 1 fully saturated rings. The minimum Gasteiger partial charge on any atom is -0.312 e. The van der Waals surface area contributed by atoms with Crippen LogP contribution in [0.2, 0.25) is 0 Å². The molecule has 144 valence electrons. The van der Waals surface area contributed by atoms with Crippen LogP contribution in [0.15, 0.2) is 72.1 Å². The lowest BCUT2D eigenvalue weighted by atomic mass is 10.2. The Morgan fingerprint density at radius 1 is 1.00 bits per heavy atom. The molecule has 3 aromatic rings. The van der Waals surface area contributed by atoms with Gasteiger partial charge in [-0.1, -0.05) is 12.1 Å². The van der Waals surface area contributed by atoms with Gasteiger partial charge in [0.05, 0.1) is 11.2 Å². The van der Waals surface area contributed by atoms with Gasteiger partial charge >= 0.3 is 0 Å². The van der Waals surface area contributed by atoms with Gasteiger partial charge in [0.15, 0.2) is 0 Å². The number of anilines is 1. The number of nitrogens with one attached hydrogen (secondary N) is 1. The highest BCUT2D eigenvalue weighted by Crippen LogP contribution is 2.23. The molecule has 0 saturated carbocycles. The van der Waals surface area contributed by atoms with E-state index in [1.807, 2.05) is 35.0 Å². The summed E-state index contributed by atoms with van der Waals surface area (Å²) in [6.45, 7) is 0.872. The summed E-state index contributed by atoms with van der Waals surface area (Å²) < 4.78 is 29.6. The van der Waals surface area contributed by atoms with Crippen molar-refractivity contribution in [1.29, 1.82) is 0 Å². The zero-order chi connectivity index (χ0) is 19.6. The fourth-order valence-electron chi connectivity index (χ4n) is 3.19. The van der Waals surface area contributed by atoms with Crippen molar-refractivity contribution in [3.63, 3.8) is 0 Å². The van der Waals surface area contributed by atoms with E-state index in [1.54, 1.807) is 29.6 Å². The number of hydrogen-bond donors (Lipinski definition) is 1. The van der Waals surface area contributed by atoms with Crippen molar-refractivity contribution in [1.82, 2.24) is 14.3 Å². The van der Waals surface area contributed by atoms with Crippen molar-refractivity contribution < 1.29 is 13.2 Å². The van der Waals surface area contributed by atoms with E-state index >= 15 is 0 Å². The SMILES string of the molecule is O=C1CCCN1c1ccc(S(=O)(=O)NCc2ccc(-n3ccnc3)cc2)cc1. The molecule has 4 rings (SSSR count). The lowest BCUT2D eigenvalue weighted by Gasteiger charge is -2.16. The average molecular weight is 396 g/mol. The molecule has 1 amide bonds. The van der Waals surface area contributed by atoms with Crippen LogP contribution in [-0.2, 0) is 21.4 Å². The number of benzene rings is 2. The fraction of sp³-hybridized carbons (Fsp3) is 0.200. The molecule has 0 bridgehead atoms. The van der Waals surface area contributed by atoms with Crippen LogP contribution in [-0.4, -0.2) is 30.4 Å². The van der Waals surface area contributed by atoms with Crippen molar-refractivity contribution in [2.75, 3.05) is 11.4 Å². The Balaban J connectivity index is 1.42. The van der Waals surface area contributed by atoms with E-state index in [4.69, 9.17) is 0 Å². The van der Waals surface area contributed by atoms with Gasteiger partial charge < -0.3 is 9.47 Å². The van der Waals surface area contributed by atoms with Crippen LogP contribution in [0.4, 0.5) is 5.69 Å². The molecular formula is C20H20N4O3S. The highest BCUT2D eigenvalue weighted by molar-refractivity contribution is 7.89. The third-order valence-electron chi connectivity index (χ3n) is 4.74. The molecule has 2 heterocycles. The first-order chi connectivity index (χ1) is 13.5. The fourth-order valence-corrected chi connectivity index (χ4v) is 4.20. The minimum atomic E-state index is -3.63. The van der Waals surface area contributed by atoms with Crippen LogP contribution in [0.1, 0.15) is 18.4 Å². The number of aromatic nitrogens is 2. The van der Waals surface area contributed by atoms with Gasteiger partial charge in [0.25, 0.3) is 0 Å². The first-order valence-electron chi connectivity index (χ1n) is 9.00. The third kappa shape index (κ3) is 3.83. The Hall–Kier alpha value is -2.97. The summed E-state index contributed by atoms with van der Waals surface area (Å²) in [6.07, 6.45) is 6.63. The first kappa shape index (κ1) is 18.4. The minimum absolute atomic E-state index is 0.0767. The van der Waals surface area contributed by atoms with Crippen LogP contribution in [0.5, 0.6) is 0 Å². The summed E-state index contributed by atoms with van der Waals surface area (Å²) in [5, 5.41) is 0. The maximum absolute atomic E-state index is 12.6. The number of rotatable bonds is 6. The molecule has 0 atom stereocenters. The molecular weight excluding hydrogens is 376 g/mol. The molecule has 1 aliphatic heterocycles. The van der Waals surface area contributed by atoms with Gasteiger partial charge in [-0.05, 0) is 48.4 Å². The molecule has 28 heavy (non-hydrogen) atoms. The zero-order valence-electron chi connectivity index (χ0n) is 15.2. The first-order valence-corrected chi connectivity index (χ1v) is 10.5. The maximum atomic E-state index is 12.6. The number of carbonyl (C=O) groups excluding carboxylic acids is 1. The molecule has 8 heteroatoms. The molecule has 2 aromatic carbocycles. The summed E-state index contributed by atoms with van der Waals surface area (Å²) in [7, 11) is -3.63. The van der Waals surface area contributed by atoms with E-state index in [0.717, 1.165) is 23.4 Å². The van der Waals surface area contributed by atoms with Crippen LogP contribution in [0.3, 0.4) is 0 Å². The Labute approximate surface area is 163 Å². The van der Waals surface area contributed by atoms with Crippen LogP contribution in [0, 0.1) is 0 Å². The molecule has 0 unspecified atom stereocenters. The average Bonchev–Trinajstić information content (AvgIpc) is 3.39. The van der Waals surface area contributed by atoms with E-state index in [1.165, 1.54) is 12.1 Å². The normalized spacial score (nSPS) is 14.6. The molecule has 1 saturated heterocycles. The van der Waals surface area contributed by atoms with Crippen LogP contribution < -0.4 is 9.62 Å². The Morgan fingerprint density at radius 3 is 2.32 bits per heavy atom. The Bertz CT molecular complexity index is 1060. The van der Waals surface area contributed by atoms with E-state index in [-0.39, 0.29) is 17.3 Å². The maximum Gasteiger partial charge on any atom is 0.240 e. The topological polar surface area (TPSA) is 84.3 Å². The number of nitrogens with zero attached hydrogens (tertiary/aromatic N) is 3. The number of carbonyl (C=O) groups is 1.